The molecule has 1 unspecified atom stereocenters. The number of carbonyl (C=O) groups is 1. The maximum atomic E-state index is 14.1. The van der Waals surface area contributed by atoms with Crippen LogP contribution in [0.4, 0.5) is 13.2 Å². The van der Waals surface area contributed by atoms with E-state index in [0.29, 0.717) is 11.4 Å². The monoisotopic (exact) mass is 507 g/mol. The molecule has 0 spiro atoms. The van der Waals surface area contributed by atoms with Gasteiger partial charge in [-0.1, -0.05) is 18.2 Å². The molecule has 1 aromatic carbocycles. The molecule has 0 fully saturated rings. The number of methoxy groups -OCH3 is 3. The van der Waals surface area contributed by atoms with Crippen LogP contribution in [0.2, 0.25) is 0 Å². The summed E-state index contributed by atoms with van der Waals surface area (Å²) in [6.07, 6.45) is -4.63. The van der Waals surface area contributed by atoms with Crippen molar-refractivity contribution in [2.24, 2.45) is 0 Å². The first-order valence-electron chi connectivity index (χ1n) is 10.3. The molecule has 1 aliphatic heterocycles. The summed E-state index contributed by atoms with van der Waals surface area (Å²) < 4.78 is 80.7. The zero-order valence-corrected chi connectivity index (χ0v) is 20.5. The van der Waals surface area contributed by atoms with Crippen molar-refractivity contribution in [1.82, 2.24) is 5.32 Å². The molecule has 0 bridgehead atoms. The highest BCUT2D eigenvalue weighted by Crippen LogP contribution is 2.64. The lowest BCUT2D eigenvalue weighted by atomic mass is 9.85. The Kier molecular flexibility index (Phi) is 9.90. The molecule has 190 valence electrons. The van der Waals surface area contributed by atoms with Crippen molar-refractivity contribution >= 4 is 13.6 Å². The van der Waals surface area contributed by atoms with Crippen molar-refractivity contribution in [3.63, 3.8) is 0 Å². The van der Waals surface area contributed by atoms with Crippen LogP contribution >= 0.6 is 7.60 Å². The summed E-state index contributed by atoms with van der Waals surface area (Å²) in [5.41, 5.74) is -0.177. The fourth-order valence-corrected chi connectivity index (χ4v) is 5.65. The molecule has 1 aliphatic rings. The van der Waals surface area contributed by atoms with Gasteiger partial charge in [-0.25, -0.2) is 4.79 Å². The Balaban J connectivity index is 2.74. The van der Waals surface area contributed by atoms with Crippen molar-refractivity contribution in [2.75, 3.05) is 47.8 Å². The summed E-state index contributed by atoms with van der Waals surface area (Å²) in [7, 11) is -0.154. The lowest BCUT2D eigenvalue weighted by Crippen LogP contribution is -2.30. The van der Waals surface area contributed by atoms with Gasteiger partial charge in [-0.05, 0) is 25.5 Å². The third-order valence-corrected chi connectivity index (χ3v) is 7.30. The molecule has 0 radical (unpaired) electrons. The maximum Gasteiger partial charge on any atom is 0.416 e. The average Bonchev–Trinajstić information content (AvgIpc) is 2.78. The van der Waals surface area contributed by atoms with Gasteiger partial charge in [-0.15, -0.1) is 0 Å². The van der Waals surface area contributed by atoms with Crippen molar-refractivity contribution in [2.45, 2.75) is 25.9 Å². The molecule has 34 heavy (non-hydrogen) atoms. The second-order valence-electron chi connectivity index (χ2n) is 7.37. The predicted molar refractivity (Wildman–Crippen MR) is 118 cm³/mol. The summed E-state index contributed by atoms with van der Waals surface area (Å²) in [6.45, 7) is 3.09. The molecular weight excluding hydrogens is 478 g/mol. The van der Waals surface area contributed by atoms with Gasteiger partial charge in [0.25, 0.3) is 0 Å². The van der Waals surface area contributed by atoms with Gasteiger partial charge in [0, 0.05) is 25.6 Å². The first-order valence-corrected chi connectivity index (χ1v) is 11.9. The number of benzene rings is 1. The van der Waals surface area contributed by atoms with Crippen molar-refractivity contribution < 1.29 is 45.8 Å². The predicted octanol–water partition coefficient (Wildman–Crippen LogP) is 4.59. The Morgan fingerprint density at radius 1 is 1.00 bits per heavy atom. The first kappa shape index (κ1) is 28.1. The van der Waals surface area contributed by atoms with Crippen molar-refractivity contribution in [1.29, 1.82) is 0 Å². The normalized spacial score (nSPS) is 17.1. The minimum atomic E-state index is -4.63. The quantitative estimate of drug-likeness (QED) is 0.264. The fraction of sp³-hybridized carbons (Fsp3) is 0.500. The minimum Gasteiger partial charge on any atom is -0.466 e. The first-order chi connectivity index (χ1) is 16.0. The van der Waals surface area contributed by atoms with E-state index >= 15 is 0 Å². The van der Waals surface area contributed by atoms with Gasteiger partial charge < -0.3 is 28.6 Å². The van der Waals surface area contributed by atoms with E-state index in [1.165, 1.54) is 26.4 Å². The Labute approximate surface area is 196 Å². The summed E-state index contributed by atoms with van der Waals surface area (Å²) in [5, 5.41) is 2.97. The topological polar surface area (TPSA) is 92.3 Å². The van der Waals surface area contributed by atoms with E-state index in [-0.39, 0.29) is 42.9 Å². The number of ether oxygens (including phenoxy) is 3. The summed E-state index contributed by atoms with van der Waals surface area (Å²) in [6, 6.07) is 4.47. The Bertz CT molecular complexity index is 977. The van der Waals surface area contributed by atoms with E-state index in [0.717, 1.165) is 19.2 Å². The van der Waals surface area contributed by atoms with Crippen molar-refractivity contribution in [3.8, 4) is 0 Å². The maximum absolute atomic E-state index is 14.1. The van der Waals surface area contributed by atoms with Gasteiger partial charge in [0.15, 0.2) is 0 Å². The zero-order valence-electron chi connectivity index (χ0n) is 19.7. The van der Waals surface area contributed by atoms with Crippen LogP contribution in [-0.4, -0.2) is 53.7 Å². The van der Waals surface area contributed by atoms with E-state index in [2.05, 4.69) is 5.32 Å². The van der Waals surface area contributed by atoms with Crippen LogP contribution in [0.3, 0.4) is 0 Å². The largest absolute Gasteiger partial charge is 0.466 e. The number of hydrogen-bond donors (Lipinski definition) is 1. The number of rotatable bonds is 11. The summed E-state index contributed by atoms with van der Waals surface area (Å²) in [5.74, 6) is -1.98. The lowest BCUT2D eigenvalue weighted by molar-refractivity contribution is -0.137. The number of alkyl halides is 3. The number of dihydropyridines is 1. The molecule has 1 atom stereocenters. The highest BCUT2D eigenvalue weighted by molar-refractivity contribution is 7.58. The van der Waals surface area contributed by atoms with Crippen LogP contribution in [0, 0.1) is 0 Å². The standard InChI is InChI=1S/C22H29F3NO7P/c1-14-18(21(27)31-5)19(16-7-6-8-17(13-16)22(23,24)25)20(15(2)26-14)34(28,32-11-9-29-3)33-12-10-30-4/h6-8,13,19,26H,9-12H2,1-5H3. The van der Waals surface area contributed by atoms with Gasteiger partial charge in [0.05, 0.1) is 55.9 Å². The molecule has 2 rings (SSSR count). The SMILES string of the molecule is COCCOP(=O)(OCCOC)C1=C(C)NC(C)=C(C(=O)OC)C1c1cccc(C(F)(F)F)c1. The minimum absolute atomic E-state index is 0.00466. The summed E-state index contributed by atoms with van der Waals surface area (Å²) in [4.78, 5) is 12.8. The molecular formula is C22H29F3NO7P. The van der Waals surface area contributed by atoms with Crippen LogP contribution in [0.15, 0.2) is 46.5 Å². The van der Waals surface area contributed by atoms with E-state index in [9.17, 15) is 22.5 Å². The van der Waals surface area contributed by atoms with Gasteiger partial charge >= 0.3 is 19.7 Å². The zero-order chi connectivity index (χ0) is 25.5. The van der Waals surface area contributed by atoms with E-state index in [1.54, 1.807) is 13.8 Å². The van der Waals surface area contributed by atoms with E-state index < -0.39 is 31.2 Å². The average molecular weight is 507 g/mol. The molecule has 0 aromatic heterocycles. The Hall–Kier alpha value is -2.17. The molecule has 12 heteroatoms. The molecule has 0 saturated carbocycles. The second kappa shape index (κ2) is 12.0. The third kappa shape index (κ3) is 6.49. The molecule has 8 nitrogen and oxygen atoms in total. The number of nitrogens with one attached hydrogen (secondary N) is 1. The molecule has 1 N–H and O–H groups in total. The Morgan fingerprint density at radius 2 is 1.59 bits per heavy atom. The highest BCUT2D eigenvalue weighted by atomic mass is 31.2. The van der Waals surface area contributed by atoms with Gasteiger partial charge in [0.1, 0.15) is 0 Å². The number of hydrogen-bond acceptors (Lipinski definition) is 8. The van der Waals surface area contributed by atoms with Gasteiger partial charge in [0.2, 0.25) is 0 Å². The van der Waals surface area contributed by atoms with Crippen LogP contribution in [0.25, 0.3) is 0 Å². The number of carbonyl (C=O) groups excluding carboxylic acids is 1. The van der Waals surface area contributed by atoms with Crippen LogP contribution in [0.1, 0.15) is 30.9 Å². The highest BCUT2D eigenvalue weighted by Gasteiger charge is 2.45. The van der Waals surface area contributed by atoms with Gasteiger partial charge in [-0.3, -0.25) is 4.57 Å². The molecule has 1 heterocycles. The van der Waals surface area contributed by atoms with Crippen LogP contribution in [-0.2, 0) is 38.8 Å². The lowest BCUT2D eigenvalue weighted by Gasteiger charge is -2.34. The second-order valence-corrected chi connectivity index (χ2v) is 9.36. The number of halogens is 3. The molecule has 0 amide bonds. The smallest absolute Gasteiger partial charge is 0.416 e. The summed E-state index contributed by atoms with van der Waals surface area (Å²) >= 11 is 0. The number of esters is 1. The van der Waals surface area contributed by atoms with E-state index in [1.807, 2.05) is 0 Å². The molecule has 1 aromatic rings. The molecule has 0 saturated heterocycles. The third-order valence-electron chi connectivity index (χ3n) is 5.07. The fourth-order valence-electron chi connectivity index (χ4n) is 3.60. The van der Waals surface area contributed by atoms with Crippen LogP contribution < -0.4 is 5.32 Å². The van der Waals surface area contributed by atoms with Crippen molar-refractivity contribution in [3.05, 3.63) is 57.7 Å². The van der Waals surface area contributed by atoms with Crippen LogP contribution in [0.5, 0.6) is 0 Å². The van der Waals surface area contributed by atoms with Gasteiger partial charge in [-0.2, -0.15) is 13.2 Å². The van der Waals surface area contributed by atoms with E-state index in [4.69, 9.17) is 23.3 Å². The Morgan fingerprint density at radius 3 is 2.09 bits per heavy atom. The number of allylic oxidation sites excluding steroid dienone is 3. The molecule has 0 aliphatic carbocycles.